The number of para-hydroxylation sites is 1. The Morgan fingerprint density at radius 2 is 1.47 bits per heavy atom. The molecule has 6 nitrogen and oxygen atoms in total. The van der Waals surface area contributed by atoms with Crippen LogP contribution in [0.2, 0.25) is 0 Å². The van der Waals surface area contributed by atoms with Crippen LogP contribution in [-0.4, -0.2) is 43.0 Å². The molecule has 2 amide bonds. The van der Waals surface area contributed by atoms with E-state index >= 15 is 0 Å². The highest BCUT2D eigenvalue weighted by Crippen LogP contribution is 2.20. The van der Waals surface area contributed by atoms with Crippen LogP contribution in [0.4, 0.5) is 5.69 Å². The van der Waals surface area contributed by atoms with Gasteiger partial charge < -0.3 is 19.7 Å². The second kappa shape index (κ2) is 11.4. The highest BCUT2D eigenvalue weighted by Gasteiger charge is 2.21. The van der Waals surface area contributed by atoms with E-state index in [1.807, 2.05) is 35.2 Å². The lowest BCUT2D eigenvalue weighted by atomic mass is 9.98. The molecule has 0 unspecified atom stereocenters. The van der Waals surface area contributed by atoms with Crippen LogP contribution in [0.1, 0.15) is 40.5 Å². The molecular weight excluding hydrogens is 428 g/mol. The number of hydrogen-bond donors (Lipinski definition) is 1. The number of hydrogen-bond acceptors (Lipinski definition) is 4. The predicted molar refractivity (Wildman–Crippen MR) is 133 cm³/mol. The number of ether oxygens (including phenoxy) is 2. The summed E-state index contributed by atoms with van der Waals surface area (Å²) >= 11 is 0. The number of likely N-dealkylation sites (tertiary alicyclic amines) is 1. The summed E-state index contributed by atoms with van der Waals surface area (Å²) in [5.74, 6) is 1.90. The van der Waals surface area contributed by atoms with E-state index in [2.05, 4.69) is 12.2 Å². The molecule has 34 heavy (non-hydrogen) atoms. The lowest BCUT2D eigenvalue weighted by Gasteiger charge is -2.30. The zero-order valence-electron chi connectivity index (χ0n) is 19.4. The molecule has 0 spiro atoms. The van der Waals surface area contributed by atoms with Crippen molar-refractivity contribution in [2.75, 3.05) is 31.6 Å². The third kappa shape index (κ3) is 6.38. The zero-order valence-corrected chi connectivity index (χ0v) is 19.4. The standard InChI is InChI=1S/C28H30N2O4/c1-21-14-16-30(17-15-21)28(32)23-6-5-7-24(20-23)29-27(31)22-10-12-26(13-11-22)34-19-18-33-25-8-3-2-4-9-25/h2-13,20-21H,14-19H2,1H3,(H,29,31). The highest BCUT2D eigenvalue weighted by atomic mass is 16.5. The van der Waals surface area contributed by atoms with Crippen molar-refractivity contribution < 1.29 is 19.1 Å². The van der Waals surface area contributed by atoms with Crippen molar-refractivity contribution >= 4 is 17.5 Å². The van der Waals surface area contributed by atoms with Gasteiger partial charge in [-0.1, -0.05) is 31.2 Å². The molecule has 0 saturated carbocycles. The zero-order chi connectivity index (χ0) is 23.8. The first-order chi connectivity index (χ1) is 16.6. The van der Waals surface area contributed by atoms with Crippen LogP contribution in [0.15, 0.2) is 78.9 Å². The van der Waals surface area contributed by atoms with E-state index in [1.165, 1.54) is 0 Å². The topological polar surface area (TPSA) is 67.9 Å². The molecule has 0 atom stereocenters. The predicted octanol–water partition coefficient (Wildman–Crippen LogP) is 5.27. The third-order valence-electron chi connectivity index (χ3n) is 5.92. The molecule has 3 aromatic rings. The van der Waals surface area contributed by atoms with E-state index in [9.17, 15) is 9.59 Å². The van der Waals surface area contributed by atoms with Crippen molar-refractivity contribution in [3.8, 4) is 11.5 Å². The van der Waals surface area contributed by atoms with Gasteiger partial charge in [0.15, 0.2) is 0 Å². The average Bonchev–Trinajstić information content (AvgIpc) is 2.88. The second-order valence-corrected chi connectivity index (χ2v) is 8.54. The maximum atomic E-state index is 12.8. The molecule has 1 fully saturated rings. The van der Waals surface area contributed by atoms with Crippen LogP contribution in [0, 0.1) is 5.92 Å². The molecular formula is C28H30N2O4. The molecule has 0 aliphatic carbocycles. The SMILES string of the molecule is CC1CCN(C(=O)c2cccc(NC(=O)c3ccc(OCCOc4ccccc4)cc3)c2)CC1. The number of carbonyl (C=O) groups is 2. The van der Waals surface area contributed by atoms with Gasteiger partial charge in [-0.15, -0.1) is 0 Å². The van der Waals surface area contributed by atoms with Gasteiger partial charge in [0.1, 0.15) is 24.7 Å². The second-order valence-electron chi connectivity index (χ2n) is 8.54. The number of rotatable bonds is 8. The maximum Gasteiger partial charge on any atom is 0.255 e. The number of nitrogens with zero attached hydrogens (tertiary/aromatic N) is 1. The monoisotopic (exact) mass is 458 g/mol. The van der Waals surface area contributed by atoms with Gasteiger partial charge in [-0.05, 0) is 73.4 Å². The van der Waals surface area contributed by atoms with Crippen LogP contribution >= 0.6 is 0 Å². The first kappa shape index (κ1) is 23.4. The van der Waals surface area contributed by atoms with Crippen LogP contribution in [0.3, 0.4) is 0 Å². The minimum Gasteiger partial charge on any atom is -0.490 e. The van der Waals surface area contributed by atoms with Crippen LogP contribution < -0.4 is 14.8 Å². The summed E-state index contributed by atoms with van der Waals surface area (Å²) in [5.41, 5.74) is 1.70. The summed E-state index contributed by atoms with van der Waals surface area (Å²) in [7, 11) is 0. The molecule has 0 bridgehead atoms. The number of amides is 2. The fourth-order valence-electron chi connectivity index (χ4n) is 3.87. The smallest absolute Gasteiger partial charge is 0.255 e. The van der Waals surface area contributed by atoms with Gasteiger partial charge in [0, 0.05) is 29.9 Å². The van der Waals surface area contributed by atoms with Gasteiger partial charge in [-0.2, -0.15) is 0 Å². The van der Waals surface area contributed by atoms with E-state index in [0.717, 1.165) is 31.7 Å². The van der Waals surface area contributed by atoms with E-state index in [-0.39, 0.29) is 11.8 Å². The van der Waals surface area contributed by atoms with Gasteiger partial charge in [0.2, 0.25) is 0 Å². The summed E-state index contributed by atoms with van der Waals surface area (Å²) in [6.07, 6.45) is 2.06. The number of piperidine rings is 1. The van der Waals surface area contributed by atoms with Crippen molar-refractivity contribution in [2.45, 2.75) is 19.8 Å². The van der Waals surface area contributed by atoms with Crippen LogP contribution in [0.25, 0.3) is 0 Å². The Bertz CT molecular complexity index is 1090. The quantitative estimate of drug-likeness (QED) is 0.467. The molecule has 1 N–H and O–H groups in total. The molecule has 1 saturated heterocycles. The lowest BCUT2D eigenvalue weighted by molar-refractivity contribution is 0.0697. The first-order valence-electron chi connectivity index (χ1n) is 11.7. The van der Waals surface area contributed by atoms with Gasteiger partial charge in [-0.3, -0.25) is 9.59 Å². The van der Waals surface area contributed by atoms with Gasteiger partial charge in [-0.25, -0.2) is 0 Å². The molecule has 0 aromatic heterocycles. The van der Waals surface area contributed by atoms with E-state index in [1.54, 1.807) is 48.5 Å². The Morgan fingerprint density at radius 3 is 2.15 bits per heavy atom. The van der Waals surface area contributed by atoms with Crippen molar-refractivity contribution in [2.24, 2.45) is 5.92 Å². The van der Waals surface area contributed by atoms with E-state index < -0.39 is 0 Å². The average molecular weight is 459 g/mol. The molecule has 1 heterocycles. The normalized spacial score (nSPS) is 13.9. The summed E-state index contributed by atoms with van der Waals surface area (Å²) in [6.45, 7) is 4.61. The summed E-state index contributed by atoms with van der Waals surface area (Å²) in [4.78, 5) is 27.4. The van der Waals surface area contributed by atoms with Crippen LogP contribution in [0.5, 0.6) is 11.5 Å². The maximum absolute atomic E-state index is 12.8. The van der Waals surface area contributed by atoms with Crippen molar-refractivity contribution in [3.63, 3.8) is 0 Å². The Balaban J connectivity index is 1.28. The molecule has 176 valence electrons. The summed E-state index contributed by atoms with van der Waals surface area (Å²) in [6, 6.07) is 23.6. The molecule has 1 aliphatic heterocycles. The highest BCUT2D eigenvalue weighted by molar-refractivity contribution is 6.05. The fourth-order valence-corrected chi connectivity index (χ4v) is 3.87. The number of nitrogens with one attached hydrogen (secondary N) is 1. The van der Waals surface area contributed by atoms with Crippen molar-refractivity contribution in [3.05, 3.63) is 90.0 Å². The van der Waals surface area contributed by atoms with Gasteiger partial charge >= 0.3 is 0 Å². The molecule has 4 rings (SSSR count). The fraction of sp³-hybridized carbons (Fsp3) is 0.286. The molecule has 3 aromatic carbocycles. The summed E-state index contributed by atoms with van der Waals surface area (Å²) < 4.78 is 11.3. The largest absolute Gasteiger partial charge is 0.490 e. The number of benzene rings is 3. The van der Waals surface area contributed by atoms with Crippen molar-refractivity contribution in [1.82, 2.24) is 4.90 Å². The summed E-state index contributed by atoms with van der Waals surface area (Å²) in [5, 5.41) is 2.88. The Morgan fingerprint density at radius 1 is 0.824 bits per heavy atom. The van der Waals surface area contributed by atoms with Crippen molar-refractivity contribution in [1.29, 1.82) is 0 Å². The Kier molecular flexibility index (Phi) is 7.81. The minimum atomic E-state index is -0.240. The van der Waals surface area contributed by atoms with Gasteiger partial charge in [0.25, 0.3) is 11.8 Å². The van der Waals surface area contributed by atoms with Crippen LogP contribution in [-0.2, 0) is 0 Å². The molecule has 0 radical (unpaired) electrons. The third-order valence-corrected chi connectivity index (χ3v) is 5.92. The molecule has 1 aliphatic rings. The molecule has 6 heteroatoms. The van der Waals surface area contributed by atoms with Gasteiger partial charge in [0.05, 0.1) is 0 Å². The Labute approximate surface area is 200 Å². The minimum absolute atomic E-state index is 0.0146. The number of carbonyl (C=O) groups excluding carboxylic acids is 2. The van der Waals surface area contributed by atoms with E-state index in [4.69, 9.17) is 9.47 Å². The van der Waals surface area contributed by atoms with E-state index in [0.29, 0.717) is 41.7 Å². The number of anilines is 1. The lowest BCUT2D eigenvalue weighted by Crippen LogP contribution is -2.37. The first-order valence-corrected chi connectivity index (χ1v) is 11.7. The Hall–Kier alpha value is -3.80.